The number of carboxylic acid groups (broad SMARTS) is 1. The van der Waals surface area contributed by atoms with Crippen LogP contribution in [0.25, 0.3) is 11.3 Å². The molecule has 0 saturated heterocycles. The second-order valence-corrected chi connectivity index (χ2v) is 8.23. The first-order valence-electron chi connectivity index (χ1n) is 9.39. The highest BCUT2D eigenvalue weighted by Crippen LogP contribution is 2.28. The molecule has 5 nitrogen and oxygen atoms in total. The van der Waals surface area contributed by atoms with Crippen LogP contribution in [0.1, 0.15) is 27.3 Å². The molecule has 0 amide bonds. The Kier molecular flexibility index (Phi) is 6.44. The molecule has 0 aliphatic rings. The van der Waals surface area contributed by atoms with Gasteiger partial charge in [-0.15, -0.1) is 11.3 Å². The molecule has 6 heteroatoms. The van der Waals surface area contributed by atoms with E-state index in [0.29, 0.717) is 0 Å². The van der Waals surface area contributed by atoms with Crippen molar-refractivity contribution >= 4 is 29.3 Å². The van der Waals surface area contributed by atoms with Crippen LogP contribution in [0.4, 0.5) is 5.69 Å². The second-order valence-electron chi connectivity index (χ2n) is 7.29. The predicted molar refractivity (Wildman–Crippen MR) is 119 cm³/mol. The highest BCUT2D eigenvalue weighted by atomic mass is 32.1. The molecule has 1 N–H and O–H groups in total. The number of carboxylic acids is 1. The van der Waals surface area contributed by atoms with Crippen LogP contribution in [0.3, 0.4) is 0 Å². The van der Waals surface area contributed by atoms with Crippen LogP contribution in [0.2, 0.25) is 0 Å². The number of hydrogen-bond donors (Lipinski definition) is 1. The number of hydrogen-bond acceptors (Lipinski definition) is 4. The van der Waals surface area contributed by atoms with Gasteiger partial charge in [0, 0.05) is 24.4 Å². The van der Waals surface area contributed by atoms with E-state index in [4.69, 9.17) is 10.1 Å². The Hall–Kier alpha value is -2.99. The summed E-state index contributed by atoms with van der Waals surface area (Å²) < 4.78 is 0. The largest absolute Gasteiger partial charge is 0.480 e. The van der Waals surface area contributed by atoms with E-state index >= 15 is 0 Å². The maximum atomic E-state index is 10.8. The van der Waals surface area contributed by atoms with E-state index in [1.54, 1.807) is 29.6 Å². The van der Waals surface area contributed by atoms with Crippen molar-refractivity contribution in [3.8, 4) is 11.3 Å². The van der Waals surface area contributed by atoms with Gasteiger partial charge in [-0.1, -0.05) is 35.9 Å². The fraction of sp³-hybridized carbons (Fsp3) is 0.261. The summed E-state index contributed by atoms with van der Waals surface area (Å²) in [4.78, 5) is 21.6. The van der Waals surface area contributed by atoms with Gasteiger partial charge in [0.1, 0.15) is 6.54 Å². The average Bonchev–Trinajstić information content (AvgIpc) is 3.12. The summed E-state index contributed by atoms with van der Waals surface area (Å²) >= 11 is 1.68. The summed E-state index contributed by atoms with van der Waals surface area (Å²) in [5, 5.41) is 12.0. The van der Waals surface area contributed by atoms with Crippen LogP contribution in [-0.4, -0.2) is 40.9 Å². The molecule has 0 radical (unpaired) electrons. The third-order valence-corrected chi connectivity index (χ3v) is 5.52. The maximum absolute atomic E-state index is 10.8. The smallest absolute Gasteiger partial charge is 0.323 e. The van der Waals surface area contributed by atoms with Crippen LogP contribution in [0, 0.1) is 20.8 Å². The molecule has 0 aliphatic heterocycles. The van der Waals surface area contributed by atoms with Crippen molar-refractivity contribution in [2.24, 2.45) is 4.99 Å². The average molecular weight is 408 g/mol. The molecule has 3 rings (SSSR count). The quantitative estimate of drug-likeness (QED) is 0.442. The lowest BCUT2D eigenvalue weighted by Gasteiger charge is -2.11. The molecule has 150 valence electrons. The minimum atomic E-state index is -0.879. The lowest BCUT2D eigenvalue weighted by molar-refractivity contribution is -0.137. The zero-order valence-electron chi connectivity index (χ0n) is 17.1. The fourth-order valence-corrected chi connectivity index (χ4v) is 3.84. The van der Waals surface area contributed by atoms with Crippen molar-refractivity contribution in [1.29, 1.82) is 0 Å². The van der Waals surface area contributed by atoms with Crippen LogP contribution < -0.4 is 0 Å². The first kappa shape index (κ1) is 20.7. The number of benzene rings is 2. The van der Waals surface area contributed by atoms with Gasteiger partial charge in [-0.05, 0) is 43.5 Å². The molecule has 0 saturated carbocycles. The monoisotopic (exact) mass is 407 g/mol. The SMILES string of the molecule is Cc1ccc(-c2csc(Cc3cc(C)c(N=CN(C)CC(=O)O)cc3C)n2)cc1. The van der Waals surface area contributed by atoms with Crippen molar-refractivity contribution < 1.29 is 9.90 Å². The zero-order valence-corrected chi connectivity index (χ0v) is 18.0. The molecule has 0 atom stereocenters. The van der Waals surface area contributed by atoms with E-state index in [0.717, 1.165) is 39.5 Å². The van der Waals surface area contributed by atoms with E-state index in [1.807, 2.05) is 13.0 Å². The minimum absolute atomic E-state index is 0.0764. The highest BCUT2D eigenvalue weighted by Gasteiger charge is 2.09. The molecule has 0 unspecified atom stereocenters. The topological polar surface area (TPSA) is 65.8 Å². The molecule has 0 aliphatic carbocycles. The lowest BCUT2D eigenvalue weighted by atomic mass is 10.0. The molecular weight excluding hydrogens is 382 g/mol. The van der Waals surface area contributed by atoms with E-state index in [-0.39, 0.29) is 6.54 Å². The summed E-state index contributed by atoms with van der Waals surface area (Å²) in [6.07, 6.45) is 2.34. The molecule has 3 aromatic rings. The fourth-order valence-electron chi connectivity index (χ4n) is 3.02. The first-order valence-corrected chi connectivity index (χ1v) is 10.3. The van der Waals surface area contributed by atoms with Gasteiger partial charge in [-0.2, -0.15) is 0 Å². The Morgan fingerprint density at radius 3 is 2.59 bits per heavy atom. The third-order valence-electron chi connectivity index (χ3n) is 4.67. The summed E-state index contributed by atoms with van der Waals surface area (Å²) in [7, 11) is 1.70. The number of aliphatic imine (C=N–C) groups is 1. The molecule has 0 bridgehead atoms. The number of likely N-dealkylation sites (N-methyl/N-ethyl adjacent to an activating group) is 1. The van der Waals surface area contributed by atoms with Crippen molar-refractivity contribution in [2.75, 3.05) is 13.6 Å². The molecular formula is C23H25N3O2S. The molecule has 29 heavy (non-hydrogen) atoms. The summed E-state index contributed by atoms with van der Waals surface area (Å²) in [6, 6.07) is 12.6. The highest BCUT2D eigenvalue weighted by molar-refractivity contribution is 7.10. The molecule has 1 aromatic heterocycles. The van der Waals surface area contributed by atoms with Crippen LogP contribution in [-0.2, 0) is 11.2 Å². The molecule has 0 spiro atoms. The predicted octanol–water partition coefficient (Wildman–Crippen LogP) is 5.00. The zero-order chi connectivity index (χ0) is 21.0. The van der Waals surface area contributed by atoms with Crippen molar-refractivity contribution in [3.63, 3.8) is 0 Å². The Balaban J connectivity index is 1.75. The standard InChI is InChI=1S/C23H25N3O2S/c1-15-5-7-18(8-6-15)21-13-29-22(25-21)11-19-9-17(3)20(10-16(19)2)24-14-26(4)12-23(27)28/h5-10,13-14H,11-12H2,1-4H3,(H,27,28). The number of nitrogens with zero attached hydrogens (tertiary/aromatic N) is 3. The number of rotatable bonds is 7. The van der Waals surface area contributed by atoms with Gasteiger partial charge in [-0.25, -0.2) is 9.98 Å². The first-order chi connectivity index (χ1) is 13.8. The van der Waals surface area contributed by atoms with Crippen molar-refractivity contribution in [3.05, 3.63) is 69.0 Å². The third kappa shape index (κ3) is 5.51. The van der Waals surface area contributed by atoms with E-state index in [9.17, 15) is 4.79 Å². The van der Waals surface area contributed by atoms with Gasteiger partial charge < -0.3 is 10.0 Å². The lowest BCUT2D eigenvalue weighted by Crippen LogP contribution is -2.23. The Morgan fingerprint density at radius 2 is 1.90 bits per heavy atom. The van der Waals surface area contributed by atoms with Gasteiger partial charge >= 0.3 is 5.97 Å². The Labute approximate surface area is 175 Å². The second kappa shape index (κ2) is 9.01. The molecule has 1 heterocycles. The number of aryl methyl sites for hydroxylation is 3. The van der Waals surface area contributed by atoms with Crippen LogP contribution in [0.15, 0.2) is 46.8 Å². The van der Waals surface area contributed by atoms with E-state index in [1.165, 1.54) is 11.1 Å². The maximum Gasteiger partial charge on any atom is 0.323 e. The molecule has 2 aromatic carbocycles. The van der Waals surface area contributed by atoms with Gasteiger partial charge in [0.15, 0.2) is 0 Å². The van der Waals surface area contributed by atoms with Crippen molar-refractivity contribution in [1.82, 2.24) is 9.88 Å². The van der Waals surface area contributed by atoms with E-state index in [2.05, 4.69) is 54.6 Å². The van der Waals surface area contributed by atoms with E-state index < -0.39 is 5.97 Å². The Morgan fingerprint density at radius 1 is 1.17 bits per heavy atom. The van der Waals surface area contributed by atoms with Gasteiger partial charge in [-0.3, -0.25) is 4.79 Å². The van der Waals surface area contributed by atoms with Gasteiger partial charge in [0.2, 0.25) is 0 Å². The number of carbonyl (C=O) groups is 1. The summed E-state index contributed by atoms with van der Waals surface area (Å²) in [5.74, 6) is -0.879. The van der Waals surface area contributed by atoms with Crippen LogP contribution >= 0.6 is 11.3 Å². The molecule has 0 fully saturated rings. The number of thiazole rings is 1. The van der Waals surface area contributed by atoms with Gasteiger partial charge in [0.05, 0.1) is 22.7 Å². The summed E-state index contributed by atoms with van der Waals surface area (Å²) in [5.41, 5.74) is 7.68. The minimum Gasteiger partial charge on any atom is -0.480 e. The van der Waals surface area contributed by atoms with Gasteiger partial charge in [0.25, 0.3) is 0 Å². The van der Waals surface area contributed by atoms with Crippen LogP contribution in [0.5, 0.6) is 0 Å². The van der Waals surface area contributed by atoms with Crippen molar-refractivity contribution in [2.45, 2.75) is 27.2 Å². The normalized spacial score (nSPS) is 11.2. The number of aliphatic carboxylic acids is 1. The Bertz CT molecular complexity index is 1040. The number of aromatic nitrogens is 1. The summed E-state index contributed by atoms with van der Waals surface area (Å²) in [6.45, 7) is 6.10.